The van der Waals surface area contributed by atoms with Gasteiger partial charge in [-0.3, -0.25) is 23.9 Å². The van der Waals surface area contributed by atoms with Gasteiger partial charge in [-0.15, -0.1) is 0 Å². The van der Waals surface area contributed by atoms with Crippen molar-refractivity contribution in [2.75, 3.05) is 17.2 Å². The number of alkyl halides is 3. The lowest BCUT2D eigenvalue weighted by molar-refractivity contribution is -0.137. The third kappa shape index (κ3) is 7.15. The number of anilines is 2. The Morgan fingerprint density at radius 2 is 1.75 bits per heavy atom. The lowest BCUT2D eigenvalue weighted by Crippen LogP contribution is -2.49. The average molecular weight is 725 g/mol. The highest BCUT2D eigenvalue weighted by molar-refractivity contribution is 6.64. The van der Waals surface area contributed by atoms with Gasteiger partial charge in [-0.1, -0.05) is 44.2 Å². The lowest BCUT2D eigenvalue weighted by Gasteiger charge is -2.24. The second kappa shape index (κ2) is 13.9. The van der Waals surface area contributed by atoms with E-state index in [4.69, 9.17) is 14.3 Å². The molecule has 11 nitrogen and oxygen atoms in total. The Morgan fingerprint density at radius 1 is 1.00 bits per heavy atom. The minimum Gasteiger partial charge on any atom is -0.518 e. The second-order valence-corrected chi connectivity index (χ2v) is 13.6. The van der Waals surface area contributed by atoms with Crippen molar-refractivity contribution in [1.29, 1.82) is 0 Å². The van der Waals surface area contributed by atoms with Crippen LogP contribution in [-0.2, 0) is 27.7 Å². The van der Waals surface area contributed by atoms with Crippen LogP contribution in [0.15, 0.2) is 83.7 Å². The molecule has 2 aliphatic heterocycles. The molecule has 3 N–H and O–H groups in total. The van der Waals surface area contributed by atoms with E-state index in [0.717, 1.165) is 28.7 Å². The maximum Gasteiger partial charge on any atom is 0.655 e. The number of amides is 2. The van der Waals surface area contributed by atoms with Gasteiger partial charge in [0.2, 0.25) is 11.8 Å². The molecule has 5 aromatic rings. The highest BCUT2D eigenvalue weighted by Crippen LogP contribution is 2.42. The van der Waals surface area contributed by atoms with Crippen LogP contribution in [0.1, 0.15) is 61.8 Å². The fourth-order valence-electron chi connectivity index (χ4n) is 6.86. The first kappa shape index (κ1) is 35.5. The van der Waals surface area contributed by atoms with Gasteiger partial charge in [0.05, 0.1) is 11.1 Å². The SMILES string of the molecule is CCCNC(=O)C1CC(C)(CC(=O)Nc2ccc3nc(C)ccc3c2)c2nc(B3Oc4ccccc4O3)c(NCc3cccc(C(F)(F)F)c3)c(=O)n21. The molecule has 2 aromatic heterocycles. The fourth-order valence-corrected chi connectivity index (χ4v) is 6.86. The molecule has 3 aromatic carbocycles. The Morgan fingerprint density at radius 3 is 2.47 bits per heavy atom. The van der Waals surface area contributed by atoms with Gasteiger partial charge in [0, 0.05) is 41.7 Å². The van der Waals surface area contributed by atoms with E-state index in [1.54, 1.807) is 37.3 Å². The van der Waals surface area contributed by atoms with Crippen LogP contribution in [0.3, 0.4) is 0 Å². The summed E-state index contributed by atoms with van der Waals surface area (Å²) in [6.45, 7) is 5.75. The summed E-state index contributed by atoms with van der Waals surface area (Å²) in [7, 11) is -1.21. The molecule has 0 radical (unpaired) electrons. The molecule has 2 unspecified atom stereocenters. The maximum atomic E-state index is 14.6. The van der Waals surface area contributed by atoms with Crippen LogP contribution in [0.2, 0.25) is 0 Å². The van der Waals surface area contributed by atoms with Crippen LogP contribution in [0, 0.1) is 6.92 Å². The summed E-state index contributed by atoms with van der Waals surface area (Å²) in [4.78, 5) is 51.5. The first-order chi connectivity index (χ1) is 25.3. The molecule has 2 atom stereocenters. The molecule has 0 saturated carbocycles. The van der Waals surface area contributed by atoms with E-state index < -0.39 is 41.8 Å². The third-order valence-electron chi connectivity index (χ3n) is 9.42. The minimum absolute atomic E-state index is 0.0306. The smallest absolute Gasteiger partial charge is 0.518 e. The minimum atomic E-state index is -4.56. The standard InChI is InChI=1S/C38H36BF3N6O5/c1-4-16-43-34(50)28-19-37(3,20-31(49)46-26-14-15-27-24(18-26)13-12-22(2)45-27)36-47-33(39-52-29-10-5-6-11-30(29)53-39)32(35(51)48(28)36)44-21-23-8-7-9-25(17-23)38(40,41)42/h5-15,17-18,28,44H,4,16,19-21H2,1-3H3,(H,43,50)(H,46,49). The normalized spacial score (nSPS) is 17.5. The van der Waals surface area contributed by atoms with Crippen LogP contribution in [0.5, 0.6) is 11.5 Å². The van der Waals surface area contributed by atoms with E-state index >= 15 is 0 Å². The molecule has 15 heteroatoms. The van der Waals surface area contributed by atoms with Crippen LogP contribution >= 0.6 is 0 Å². The molecule has 2 amide bonds. The Bertz CT molecular complexity index is 2270. The maximum absolute atomic E-state index is 14.6. The Hall–Kier alpha value is -5.86. The number of aryl methyl sites for hydroxylation is 1. The molecular formula is C38H36BF3N6O5. The topological polar surface area (TPSA) is 136 Å². The number of carbonyl (C=O) groups is 2. The number of para-hydroxylation sites is 2. The van der Waals surface area contributed by atoms with E-state index in [1.165, 1.54) is 16.7 Å². The highest BCUT2D eigenvalue weighted by Gasteiger charge is 2.50. The number of aromatic nitrogens is 3. The molecule has 0 fully saturated rings. The molecule has 0 bridgehead atoms. The van der Waals surface area contributed by atoms with Crippen molar-refractivity contribution in [2.45, 2.75) is 64.2 Å². The number of halogens is 3. The number of carbonyl (C=O) groups excluding carboxylic acids is 2. The number of pyridine rings is 1. The first-order valence-electron chi connectivity index (χ1n) is 17.3. The molecule has 53 heavy (non-hydrogen) atoms. The summed E-state index contributed by atoms with van der Waals surface area (Å²) >= 11 is 0. The molecule has 4 heterocycles. The summed E-state index contributed by atoms with van der Waals surface area (Å²) in [5.74, 6) is 0.203. The van der Waals surface area contributed by atoms with Crippen molar-refractivity contribution in [3.63, 3.8) is 0 Å². The van der Waals surface area contributed by atoms with E-state index in [1.807, 2.05) is 38.1 Å². The summed E-state index contributed by atoms with van der Waals surface area (Å²) < 4.78 is 54.0. The molecule has 2 aliphatic rings. The molecule has 0 aliphatic carbocycles. The van der Waals surface area contributed by atoms with Crippen molar-refractivity contribution < 1.29 is 32.1 Å². The van der Waals surface area contributed by atoms with E-state index in [2.05, 4.69) is 20.9 Å². The average Bonchev–Trinajstić information content (AvgIpc) is 3.68. The predicted octanol–water partition coefficient (Wildman–Crippen LogP) is 5.65. The van der Waals surface area contributed by atoms with Crippen LogP contribution in [0.25, 0.3) is 10.9 Å². The number of hydrogen-bond donors (Lipinski definition) is 3. The zero-order valence-corrected chi connectivity index (χ0v) is 29.2. The number of benzene rings is 3. The van der Waals surface area contributed by atoms with Crippen LogP contribution < -0.4 is 36.4 Å². The largest absolute Gasteiger partial charge is 0.655 e. The summed E-state index contributed by atoms with van der Waals surface area (Å²) in [5, 5.41) is 9.65. The summed E-state index contributed by atoms with van der Waals surface area (Å²) in [6, 6.07) is 19.8. The van der Waals surface area contributed by atoms with Gasteiger partial charge in [-0.2, -0.15) is 13.2 Å². The van der Waals surface area contributed by atoms with Crippen LogP contribution in [0.4, 0.5) is 24.5 Å². The van der Waals surface area contributed by atoms with Crippen molar-refractivity contribution in [1.82, 2.24) is 19.9 Å². The molecular weight excluding hydrogens is 688 g/mol. The third-order valence-corrected chi connectivity index (χ3v) is 9.42. The number of nitrogens with one attached hydrogen (secondary N) is 3. The summed E-state index contributed by atoms with van der Waals surface area (Å²) in [5.41, 5.74) is -0.223. The van der Waals surface area contributed by atoms with E-state index in [0.29, 0.717) is 30.2 Å². The lowest BCUT2D eigenvalue weighted by atomic mass is 9.80. The first-order valence-corrected chi connectivity index (χ1v) is 17.3. The second-order valence-electron chi connectivity index (χ2n) is 13.6. The molecule has 7 rings (SSSR count). The van der Waals surface area contributed by atoms with Gasteiger partial charge in [-0.05, 0) is 73.9 Å². The molecule has 0 saturated heterocycles. The number of fused-ring (bicyclic) bond motifs is 3. The Labute approximate surface area is 303 Å². The van der Waals surface area contributed by atoms with Gasteiger partial charge in [0.15, 0.2) is 0 Å². The molecule has 0 spiro atoms. The van der Waals surface area contributed by atoms with Crippen molar-refractivity contribution >= 4 is 46.8 Å². The van der Waals surface area contributed by atoms with Crippen molar-refractivity contribution in [2.24, 2.45) is 0 Å². The van der Waals surface area contributed by atoms with Gasteiger partial charge in [0.25, 0.3) is 5.56 Å². The van der Waals surface area contributed by atoms with Crippen molar-refractivity contribution in [3.05, 3.63) is 112 Å². The number of hydrogen-bond acceptors (Lipinski definition) is 8. The van der Waals surface area contributed by atoms with Gasteiger partial charge in [0.1, 0.15) is 34.6 Å². The Balaban J connectivity index is 1.28. The Kier molecular flexibility index (Phi) is 9.35. The van der Waals surface area contributed by atoms with Crippen molar-refractivity contribution in [3.8, 4) is 11.5 Å². The fraction of sp³-hybridized carbons (Fsp3) is 0.289. The van der Waals surface area contributed by atoms with Gasteiger partial charge >= 0.3 is 13.3 Å². The highest BCUT2D eigenvalue weighted by atomic mass is 19.4. The van der Waals surface area contributed by atoms with Crippen LogP contribution in [-0.4, -0.2) is 40.0 Å². The number of rotatable bonds is 10. The van der Waals surface area contributed by atoms with E-state index in [-0.39, 0.29) is 48.0 Å². The summed E-state index contributed by atoms with van der Waals surface area (Å²) in [6.07, 6.45) is -3.97. The zero-order valence-electron chi connectivity index (χ0n) is 29.2. The zero-order chi connectivity index (χ0) is 37.5. The quantitative estimate of drug-likeness (QED) is 0.157. The predicted molar refractivity (Wildman–Crippen MR) is 194 cm³/mol. The monoisotopic (exact) mass is 724 g/mol. The molecule has 272 valence electrons. The number of nitrogens with zero attached hydrogens (tertiary/aromatic N) is 3. The van der Waals surface area contributed by atoms with Gasteiger partial charge < -0.3 is 25.3 Å². The van der Waals surface area contributed by atoms with E-state index in [9.17, 15) is 27.6 Å². The van der Waals surface area contributed by atoms with Gasteiger partial charge in [-0.25, -0.2) is 4.98 Å².